The van der Waals surface area contributed by atoms with Gasteiger partial charge in [0.05, 0.1) is 12.1 Å². The van der Waals surface area contributed by atoms with Gasteiger partial charge in [0.25, 0.3) is 5.91 Å². The third kappa shape index (κ3) is 7.63. The summed E-state index contributed by atoms with van der Waals surface area (Å²) in [6, 6.07) is 4.40. The van der Waals surface area contributed by atoms with Gasteiger partial charge in [0.2, 0.25) is 5.88 Å². The van der Waals surface area contributed by atoms with E-state index in [1.54, 1.807) is 6.07 Å². The predicted octanol–water partition coefficient (Wildman–Crippen LogP) is 2.85. The molecule has 2 heterocycles. The quantitative estimate of drug-likeness (QED) is 0.776. The smallest absolute Gasteiger partial charge is 0.422 e. The lowest BCUT2D eigenvalue weighted by Gasteiger charge is -2.09. The molecule has 11 heteroatoms. The van der Waals surface area contributed by atoms with E-state index in [0.717, 1.165) is 0 Å². The summed E-state index contributed by atoms with van der Waals surface area (Å²) in [5.41, 5.74) is 6.24. The first-order valence-electron chi connectivity index (χ1n) is 6.57. The van der Waals surface area contributed by atoms with E-state index in [-0.39, 0.29) is 49.7 Å². The standard InChI is InChI=1S/C14H14F3N3O3.2ClH/c15-14(16,17)8-23-12-3-9(1-2-19-12)6-20-13(21)10-4-11(5-18)22-7-10;;/h1-4,7H,5-6,8,18H2,(H,20,21);2*1H. The Morgan fingerprint density at radius 3 is 2.64 bits per heavy atom. The van der Waals surface area contributed by atoms with Crippen molar-refractivity contribution in [2.45, 2.75) is 19.3 Å². The normalized spacial score (nSPS) is 10.4. The minimum Gasteiger partial charge on any atom is -0.468 e. The SMILES string of the molecule is Cl.Cl.NCc1cc(C(=O)NCc2ccnc(OCC(F)(F)F)c2)co1. The number of alkyl halides is 3. The van der Waals surface area contributed by atoms with Gasteiger partial charge in [-0.25, -0.2) is 4.98 Å². The molecule has 140 valence electrons. The summed E-state index contributed by atoms with van der Waals surface area (Å²) in [5, 5.41) is 2.61. The van der Waals surface area contributed by atoms with E-state index in [1.165, 1.54) is 24.6 Å². The molecular weight excluding hydrogens is 386 g/mol. The Balaban J connectivity index is 0.00000288. The summed E-state index contributed by atoms with van der Waals surface area (Å²) in [5.74, 6) is -0.0762. The molecule has 2 aromatic rings. The Kier molecular flexibility index (Phi) is 9.32. The fourth-order valence-electron chi connectivity index (χ4n) is 1.69. The van der Waals surface area contributed by atoms with Crippen molar-refractivity contribution >= 4 is 30.7 Å². The number of pyridine rings is 1. The molecular formula is C14H16Cl2F3N3O3. The van der Waals surface area contributed by atoms with Gasteiger partial charge >= 0.3 is 6.18 Å². The molecule has 0 fully saturated rings. The van der Waals surface area contributed by atoms with Gasteiger partial charge in [-0.3, -0.25) is 4.79 Å². The molecule has 0 aliphatic carbocycles. The number of hydrogen-bond donors (Lipinski definition) is 2. The molecule has 0 unspecified atom stereocenters. The van der Waals surface area contributed by atoms with Crippen molar-refractivity contribution in [3.63, 3.8) is 0 Å². The van der Waals surface area contributed by atoms with Gasteiger partial charge in [-0.2, -0.15) is 13.2 Å². The van der Waals surface area contributed by atoms with Gasteiger partial charge in [0, 0.05) is 18.8 Å². The van der Waals surface area contributed by atoms with Gasteiger partial charge in [-0.15, -0.1) is 24.8 Å². The van der Waals surface area contributed by atoms with E-state index in [2.05, 4.69) is 15.0 Å². The molecule has 25 heavy (non-hydrogen) atoms. The van der Waals surface area contributed by atoms with Crippen LogP contribution in [-0.2, 0) is 13.1 Å². The first kappa shape index (κ1) is 23.0. The van der Waals surface area contributed by atoms with Crippen molar-refractivity contribution in [1.82, 2.24) is 10.3 Å². The average molecular weight is 402 g/mol. The summed E-state index contributed by atoms with van der Waals surface area (Å²) in [7, 11) is 0. The van der Waals surface area contributed by atoms with Crippen LogP contribution in [0.1, 0.15) is 21.7 Å². The van der Waals surface area contributed by atoms with Crippen LogP contribution in [0.25, 0.3) is 0 Å². The van der Waals surface area contributed by atoms with Gasteiger partial charge in [-0.05, 0) is 17.7 Å². The number of rotatable bonds is 6. The second kappa shape index (κ2) is 10.1. The maximum absolute atomic E-state index is 12.1. The molecule has 0 aliphatic rings. The Bertz CT molecular complexity index is 681. The van der Waals surface area contributed by atoms with Crippen molar-refractivity contribution in [2.75, 3.05) is 6.61 Å². The molecule has 0 aromatic carbocycles. The number of ether oxygens (including phenoxy) is 1. The highest BCUT2D eigenvalue weighted by Crippen LogP contribution is 2.17. The summed E-state index contributed by atoms with van der Waals surface area (Å²) in [6.07, 6.45) is -1.85. The van der Waals surface area contributed by atoms with Crippen molar-refractivity contribution < 1.29 is 27.1 Å². The van der Waals surface area contributed by atoms with Crippen LogP contribution in [0.3, 0.4) is 0 Å². The molecule has 6 nitrogen and oxygen atoms in total. The minimum atomic E-state index is -4.44. The molecule has 2 aromatic heterocycles. The van der Waals surface area contributed by atoms with E-state index in [0.29, 0.717) is 16.9 Å². The Morgan fingerprint density at radius 1 is 1.32 bits per heavy atom. The number of hydrogen-bond acceptors (Lipinski definition) is 5. The average Bonchev–Trinajstić information content (AvgIpc) is 2.99. The van der Waals surface area contributed by atoms with Gasteiger partial charge in [0.15, 0.2) is 6.61 Å². The zero-order valence-electron chi connectivity index (χ0n) is 12.7. The van der Waals surface area contributed by atoms with Gasteiger partial charge in [-0.1, -0.05) is 0 Å². The molecule has 0 saturated carbocycles. The summed E-state index contributed by atoms with van der Waals surface area (Å²) in [4.78, 5) is 15.6. The number of amides is 1. The topological polar surface area (TPSA) is 90.4 Å². The molecule has 0 aliphatic heterocycles. The highest BCUT2D eigenvalue weighted by molar-refractivity contribution is 5.93. The first-order valence-corrected chi connectivity index (χ1v) is 6.57. The summed E-state index contributed by atoms with van der Waals surface area (Å²) < 4.78 is 45.9. The Hall–Kier alpha value is -1.97. The second-order valence-corrected chi connectivity index (χ2v) is 4.59. The number of furan rings is 1. The zero-order valence-corrected chi connectivity index (χ0v) is 14.3. The molecule has 0 spiro atoms. The molecule has 0 saturated heterocycles. The maximum Gasteiger partial charge on any atom is 0.422 e. The van der Waals surface area contributed by atoms with Crippen LogP contribution < -0.4 is 15.8 Å². The predicted molar refractivity (Wildman–Crippen MR) is 88.1 cm³/mol. The van der Waals surface area contributed by atoms with E-state index in [4.69, 9.17) is 10.2 Å². The van der Waals surface area contributed by atoms with Crippen LogP contribution in [0.4, 0.5) is 13.2 Å². The van der Waals surface area contributed by atoms with Crippen LogP contribution in [0.5, 0.6) is 5.88 Å². The van der Waals surface area contributed by atoms with E-state index >= 15 is 0 Å². The molecule has 2 rings (SSSR count). The van der Waals surface area contributed by atoms with E-state index < -0.39 is 12.8 Å². The second-order valence-electron chi connectivity index (χ2n) is 4.59. The van der Waals surface area contributed by atoms with Crippen molar-refractivity contribution in [3.8, 4) is 5.88 Å². The minimum absolute atomic E-state index is 0. The van der Waals surface area contributed by atoms with Crippen molar-refractivity contribution in [1.29, 1.82) is 0 Å². The number of nitrogens with one attached hydrogen (secondary N) is 1. The third-order valence-electron chi connectivity index (χ3n) is 2.75. The highest BCUT2D eigenvalue weighted by atomic mass is 35.5. The molecule has 0 radical (unpaired) electrons. The van der Waals surface area contributed by atoms with Crippen molar-refractivity contribution in [2.24, 2.45) is 5.73 Å². The molecule has 0 atom stereocenters. The van der Waals surface area contributed by atoms with Crippen LogP contribution in [0, 0.1) is 0 Å². The number of carbonyl (C=O) groups excluding carboxylic acids is 1. The zero-order chi connectivity index (χ0) is 16.9. The van der Waals surface area contributed by atoms with Crippen LogP contribution in [0.2, 0.25) is 0 Å². The first-order chi connectivity index (χ1) is 10.9. The number of nitrogens with two attached hydrogens (primary N) is 1. The Morgan fingerprint density at radius 2 is 2.04 bits per heavy atom. The van der Waals surface area contributed by atoms with E-state index in [1.807, 2.05) is 0 Å². The molecule has 1 amide bonds. The monoisotopic (exact) mass is 401 g/mol. The van der Waals surface area contributed by atoms with Gasteiger partial charge < -0.3 is 20.2 Å². The van der Waals surface area contributed by atoms with Crippen LogP contribution >= 0.6 is 24.8 Å². The number of carbonyl (C=O) groups is 1. The lowest BCUT2D eigenvalue weighted by Crippen LogP contribution is -2.22. The number of halogens is 5. The van der Waals surface area contributed by atoms with Crippen LogP contribution in [0.15, 0.2) is 35.1 Å². The molecule has 0 bridgehead atoms. The fraction of sp³-hybridized carbons (Fsp3) is 0.286. The van der Waals surface area contributed by atoms with E-state index in [9.17, 15) is 18.0 Å². The van der Waals surface area contributed by atoms with Crippen molar-refractivity contribution in [3.05, 3.63) is 47.5 Å². The highest BCUT2D eigenvalue weighted by Gasteiger charge is 2.28. The number of aromatic nitrogens is 1. The maximum atomic E-state index is 12.1. The lowest BCUT2D eigenvalue weighted by molar-refractivity contribution is -0.154. The largest absolute Gasteiger partial charge is 0.468 e. The lowest BCUT2D eigenvalue weighted by atomic mass is 10.2. The fourth-order valence-corrected chi connectivity index (χ4v) is 1.69. The third-order valence-corrected chi connectivity index (χ3v) is 2.75. The molecule has 3 N–H and O–H groups in total. The summed E-state index contributed by atoms with van der Waals surface area (Å²) >= 11 is 0. The summed E-state index contributed by atoms with van der Waals surface area (Å²) in [6.45, 7) is -1.14. The van der Waals surface area contributed by atoms with Gasteiger partial charge in [0.1, 0.15) is 12.0 Å². The number of nitrogens with zero attached hydrogens (tertiary/aromatic N) is 1. The Labute approximate surface area is 153 Å². The van der Waals surface area contributed by atoms with Crippen LogP contribution in [-0.4, -0.2) is 23.7 Å².